The van der Waals surface area contributed by atoms with E-state index < -0.39 is 0 Å². The van der Waals surface area contributed by atoms with E-state index in [-0.39, 0.29) is 0 Å². The van der Waals surface area contributed by atoms with Gasteiger partial charge in [0.05, 0.1) is 0 Å². The Kier molecular flexibility index (Phi) is 8.46. The van der Waals surface area contributed by atoms with Gasteiger partial charge >= 0.3 is 0 Å². The molecule has 150 valence electrons. The molecule has 0 nitrogen and oxygen atoms in total. The summed E-state index contributed by atoms with van der Waals surface area (Å²) < 4.78 is 0. The van der Waals surface area contributed by atoms with Gasteiger partial charge in [0.25, 0.3) is 0 Å². The minimum absolute atomic E-state index is 0.748. The Morgan fingerprint density at radius 2 is 1.34 bits per heavy atom. The standard InChI is InChI=1S/C29H34/c1-3-5-6-7-9-25-10-12-26(13-11-25)14-15-27-18-22-29(23-19-27)28-20-16-24(8-4-2)17-21-28/h10-13,18-19,22-24,28H,3-5,8-9,16-17,20-21H2,1-2H3. The Bertz CT molecular complexity index is 854. The molecule has 29 heavy (non-hydrogen) atoms. The third-order valence-corrected chi connectivity index (χ3v) is 6.02. The smallest absolute Gasteiger partial charge is 0.0340 e. The summed E-state index contributed by atoms with van der Waals surface area (Å²) in [6.45, 7) is 4.47. The van der Waals surface area contributed by atoms with E-state index in [1.54, 1.807) is 0 Å². The molecule has 0 amide bonds. The van der Waals surface area contributed by atoms with Crippen molar-refractivity contribution in [3.8, 4) is 23.7 Å². The van der Waals surface area contributed by atoms with E-state index in [1.165, 1.54) is 49.7 Å². The average Bonchev–Trinajstić information content (AvgIpc) is 2.77. The van der Waals surface area contributed by atoms with E-state index in [2.05, 4.69) is 86.1 Å². The van der Waals surface area contributed by atoms with Gasteiger partial charge < -0.3 is 0 Å². The van der Waals surface area contributed by atoms with Gasteiger partial charge in [0.1, 0.15) is 0 Å². The van der Waals surface area contributed by atoms with Crippen LogP contribution >= 0.6 is 0 Å². The molecule has 0 saturated heterocycles. The molecule has 0 bridgehead atoms. The van der Waals surface area contributed by atoms with Crippen molar-refractivity contribution in [3.63, 3.8) is 0 Å². The number of unbranched alkanes of at least 4 members (excludes halogenated alkanes) is 1. The molecule has 1 saturated carbocycles. The molecule has 0 spiro atoms. The largest absolute Gasteiger partial charge is 0.103 e. The predicted molar refractivity (Wildman–Crippen MR) is 125 cm³/mol. The van der Waals surface area contributed by atoms with E-state index in [9.17, 15) is 0 Å². The molecule has 0 aliphatic heterocycles. The van der Waals surface area contributed by atoms with Crippen molar-refractivity contribution in [3.05, 3.63) is 70.8 Å². The zero-order valence-corrected chi connectivity index (χ0v) is 18.1. The third kappa shape index (κ3) is 6.84. The first-order valence-corrected chi connectivity index (χ1v) is 11.4. The highest BCUT2D eigenvalue weighted by molar-refractivity contribution is 5.44. The Labute approximate surface area is 178 Å². The summed E-state index contributed by atoms with van der Waals surface area (Å²) in [5.74, 6) is 14.8. The first-order valence-electron chi connectivity index (χ1n) is 11.4. The third-order valence-electron chi connectivity index (χ3n) is 6.02. The van der Waals surface area contributed by atoms with Crippen LogP contribution in [0, 0.1) is 29.6 Å². The molecule has 0 unspecified atom stereocenters. The maximum Gasteiger partial charge on any atom is 0.0340 e. The topological polar surface area (TPSA) is 0 Å². The number of hydrogen-bond acceptors (Lipinski definition) is 0. The summed E-state index contributed by atoms with van der Waals surface area (Å²) in [6.07, 6.45) is 11.2. The Hall–Kier alpha value is -2.44. The highest BCUT2D eigenvalue weighted by atomic mass is 14.3. The molecule has 0 atom stereocenters. The lowest BCUT2D eigenvalue weighted by molar-refractivity contribution is 0.308. The zero-order chi connectivity index (χ0) is 20.3. The molecular weight excluding hydrogens is 348 g/mol. The van der Waals surface area contributed by atoms with Crippen LogP contribution in [-0.4, -0.2) is 0 Å². The maximum absolute atomic E-state index is 3.32. The summed E-state index contributed by atoms with van der Waals surface area (Å²) in [5.41, 5.74) is 4.92. The number of hydrogen-bond donors (Lipinski definition) is 0. The van der Waals surface area contributed by atoms with Gasteiger partial charge in [-0.2, -0.15) is 0 Å². The summed E-state index contributed by atoms with van der Waals surface area (Å²) in [5, 5.41) is 0. The number of benzene rings is 2. The highest BCUT2D eigenvalue weighted by Gasteiger charge is 2.21. The fourth-order valence-corrected chi connectivity index (χ4v) is 4.26. The van der Waals surface area contributed by atoms with E-state index in [0.29, 0.717) is 0 Å². The summed E-state index contributed by atoms with van der Waals surface area (Å²) >= 11 is 0. The van der Waals surface area contributed by atoms with Crippen molar-refractivity contribution in [1.82, 2.24) is 0 Å². The van der Waals surface area contributed by atoms with Crippen molar-refractivity contribution in [2.24, 2.45) is 5.92 Å². The molecule has 2 aromatic carbocycles. The van der Waals surface area contributed by atoms with Gasteiger partial charge in [0.2, 0.25) is 0 Å². The van der Waals surface area contributed by atoms with Gasteiger partial charge in [-0.3, -0.25) is 0 Å². The van der Waals surface area contributed by atoms with Gasteiger partial charge in [-0.25, -0.2) is 0 Å². The van der Waals surface area contributed by atoms with Gasteiger partial charge in [0.15, 0.2) is 0 Å². The predicted octanol–water partition coefficient (Wildman–Crippen LogP) is 7.51. The van der Waals surface area contributed by atoms with Crippen LogP contribution in [0.2, 0.25) is 0 Å². The molecule has 0 N–H and O–H groups in total. The molecule has 0 aromatic heterocycles. The second-order valence-corrected chi connectivity index (χ2v) is 8.36. The lowest BCUT2D eigenvalue weighted by Gasteiger charge is -2.28. The van der Waals surface area contributed by atoms with Crippen LogP contribution in [-0.2, 0) is 6.42 Å². The van der Waals surface area contributed by atoms with E-state index in [1.807, 2.05) is 0 Å². The average molecular weight is 383 g/mol. The van der Waals surface area contributed by atoms with Crippen molar-refractivity contribution in [1.29, 1.82) is 0 Å². The molecule has 0 radical (unpaired) electrons. The molecule has 0 heterocycles. The summed E-state index contributed by atoms with van der Waals surface area (Å²) in [6, 6.07) is 17.5. The zero-order valence-electron chi connectivity index (χ0n) is 18.1. The van der Waals surface area contributed by atoms with Crippen LogP contribution in [0.25, 0.3) is 0 Å². The van der Waals surface area contributed by atoms with Crippen LogP contribution < -0.4 is 0 Å². The van der Waals surface area contributed by atoms with Crippen LogP contribution in [0.1, 0.15) is 93.4 Å². The van der Waals surface area contributed by atoms with Crippen molar-refractivity contribution >= 4 is 0 Å². The van der Waals surface area contributed by atoms with E-state index in [0.717, 1.165) is 42.2 Å². The molecule has 3 rings (SSSR count). The number of rotatable bonds is 5. The van der Waals surface area contributed by atoms with Crippen LogP contribution in [0.4, 0.5) is 0 Å². The van der Waals surface area contributed by atoms with Crippen LogP contribution in [0.3, 0.4) is 0 Å². The minimum atomic E-state index is 0.748. The summed E-state index contributed by atoms with van der Waals surface area (Å²) in [4.78, 5) is 0. The van der Waals surface area contributed by atoms with Gasteiger partial charge in [-0.05, 0) is 79.3 Å². The SMILES string of the molecule is CCCC#CCc1ccc(C#Cc2ccc(C3CCC(CCC)CC3)cc2)cc1. The Balaban J connectivity index is 1.54. The summed E-state index contributed by atoms with van der Waals surface area (Å²) in [7, 11) is 0. The lowest BCUT2D eigenvalue weighted by atomic mass is 9.77. The monoisotopic (exact) mass is 382 g/mol. The van der Waals surface area contributed by atoms with Gasteiger partial charge in [0, 0.05) is 24.0 Å². The highest BCUT2D eigenvalue weighted by Crippen LogP contribution is 2.37. The second kappa shape index (κ2) is 11.5. The molecule has 0 heteroatoms. The quantitative estimate of drug-likeness (QED) is 0.469. The van der Waals surface area contributed by atoms with E-state index >= 15 is 0 Å². The second-order valence-electron chi connectivity index (χ2n) is 8.36. The van der Waals surface area contributed by atoms with Crippen molar-refractivity contribution in [2.45, 2.75) is 77.6 Å². The lowest BCUT2D eigenvalue weighted by Crippen LogP contribution is -2.13. The van der Waals surface area contributed by atoms with Crippen molar-refractivity contribution in [2.75, 3.05) is 0 Å². The first-order chi connectivity index (χ1) is 14.3. The minimum Gasteiger partial charge on any atom is -0.103 e. The maximum atomic E-state index is 3.32. The Morgan fingerprint density at radius 3 is 1.93 bits per heavy atom. The van der Waals surface area contributed by atoms with Gasteiger partial charge in [-0.1, -0.05) is 68.7 Å². The van der Waals surface area contributed by atoms with Gasteiger partial charge in [-0.15, -0.1) is 5.92 Å². The first kappa shape index (κ1) is 21.3. The fourth-order valence-electron chi connectivity index (χ4n) is 4.26. The van der Waals surface area contributed by atoms with Crippen LogP contribution in [0.15, 0.2) is 48.5 Å². The molecule has 1 aliphatic carbocycles. The molecule has 1 aliphatic rings. The fraction of sp³-hybridized carbons (Fsp3) is 0.448. The molecular formula is C29H34. The Morgan fingerprint density at radius 1 is 0.724 bits per heavy atom. The molecule has 1 fully saturated rings. The van der Waals surface area contributed by atoms with Crippen LogP contribution in [0.5, 0.6) is 0 Å². The normalized spacial score (nSPS) is 18.3. The molecule has 2 aromatic rings. The van der Waals surface area contributed by atoms with Crippen molar-refractivity contribution < 1.29 is 0 Å². The van der Waals surface area contributed by atoms with E-state index in [4.69, 9.17) is 0 Å².